The van der Waals surface area contributed by atoms with Gasteiger partial charge >= 0.3 is 5.97 Å². The number of sulfonamides is 1. The number of benzene rings is 2. The molecule has 1 heterocycles. The molecule has 0 fully saturated rings. The number of anilines is 1. The lowest BCUT2D eigenvalue weighted by atomic mass is 10.0. The fourth-order valence-corrected chi connectivity index (χ4v) is 4.54. The standard InChI is InChI=1S/C17H17NO5S/c1-11-9-12(7-8-16(11)23-2)24(21,22)18-10-14(17(19)20)13-5-3-4-6-15(13)18/h3-9,14H,10H2,1-2H3,(H,19,20). The molecule has 2 aromatic rings. The molecule has 24 heavy (non-hydrogen) atoms. The van der Waals surface area contributed by atoms with Gasteiger partial charge in [0.05, 0.1) is 24.2 Å². The van der Waals surface area contributed by atoms with Crippen molar-refractivity contribution in [3.05, 3.63) is 53.6 Å². The second kappa shape index (κ2) is 5.83. The second-order valence-corrected chi connectivity index (χ2v) is 7.48. The summed E-state index contributed by atoms with van der Waals surface area (Å²) in [6, 6.07) is 11.3. The van der Waals surface area contributed by atoms with Crippen LogP contribution < -0.4 is 9.04 Å². The molecule has 0 saturated carbocycles. The number of hydrogen-bond donors (Lipinski definition) is 1. The molecule has 1 N–H and O–H groups in total. The van der Waals surface area contributed by atoms with Crippen molar-refractivity contribution >= 4 is 21.7 Å². The van der Waals surface area contributed by atoms with Gasteiger partial charge in [-0.15, -0.1) is 0 Å². The first-order valence-corrected chi connectivity index (χ1v) is 8.79. The average molecular weight is 347 g/mol. The third-order valence-corrected chi connectivity index (χ3v) is 5.96. The van der Waals surface area contributed by atoms with Gasteiger partial charge in [0.1, 0.15) is 11.7 Å². The molecule has 1 aliphatic rings. The SMILES string of the molecule is COc1ccc(S(=O)(=O)N2CC(C(=O)O)c3ccccc32)cc1C. The summed E-state index contributed by atoms with van der Waals surface area (Å²) in [5, 5.41) is 9.39. The smallest absolute Gasteiger partial charge is 0.312 e. The Morgan fingerprint density at radius 3 is 2.58 bits per heavy atom. The summed E-state index contributed by atoms with van der Waals surface area (Å²) in [6.07, 6.45) is 0. The predicted octanol–water partition coefficient (Wildman–Crippen LogP) is 2.38. The first kappa shape index (κ1) is 16.3. The molecule has 0 amide bonds. The highest BCUT2D eigenvalue weighted by atomic mass is 32.2. The Morgan fingerprint density at radius 1 is 1.25 bits per heavy atom. The van der Waals surface area contributed by atoms with Crippen molar-refractivity contribution in [1.29, 1.82) is 0 Å². The zero-order chi connectivity index (χ0) is 17.5. The highest BCUT2D eigenvalue weighted by Gasteiger charge is 2.39. The van der Waals surface area contributed by atoms with E-state index in [-0.39, 0.29) is 11.4 Å². The van der Waals surface area contributed by atoms with Crippen LogP contribution in [0.25, 0.3) is 0 Å². The minimum absolute atomic E-state index is 0.109. The van der Waals surface area contributed by atoms with E-state index in [0.29, 0.717) is 22.6 Å². The van der Waals surface area contributed by atoms with Crippen LogP contribution in [-0.4, -0.2) is 33.1 Å². The van der Waals surface area contributed by atoms with Gasteiger partial charge < -0.3 is 9.84 Å². The summed E-state index contributed by atoms with van der Waals surface area (Å²) < 4.78 is 32.3. The summed E-state index contributed by atoms with van der Waals surface area (Å²) in [4.78, 5) is 11.6. The van der Waals surface area contributed by atoms with Gasteiger partial charge in [-0.25, -0.2) is 8.42 Å². The maximum Gasteiger partial charge on any atom is 0.312 e. The second-order valence-electron chi connectivity index (χ2n) is 5.62. The maximum absolute atomic E-state index is 13.0. The fraction of sp³-hybridized carbons (Fsp3) is 0.235. The molecule has 1 aliphatic heterocycles. The molecule has 0 radical (unpaired) electrons. The quantitative estimate of drug-likeness (QED) is 0.918. The van der Waals surface area contributed by atoms with Crippen LogP contribution in [-0.2, 0) is 14.8 Å². The lowest BCUT2D eigenvalue weighted by molar-refractivity contribution is -0.138. The van der Waals surface area contributed by atoms with E-state index >= 15 is 0 Å². The number of carbonyl (C=O) groups is 1. The minimum Gasteiger partial charge on any atom is -0.496 e. The Kier molecular flexibility index (Phi) is 3.96. The van der Waals surface area contributed by atoms with Gasteiger partial charge in [0.15, 0.2) is 0 Å². The Labute approximate surface area is 140 Å². The molecule has 0 aromatic heterocycles. The number of hydrogen-bond acceptors (Lipinski definition) is 4. The highest BCUT2D eigenvalue weighted by molar-refractivity contribution is 7.92. The lowest BCUT2D eigenvalue weighted by Gasteiger charge is -2.20. The van der Waals surface area contributed by atoms with Crippen LogP contribution in [0.15, 0.2) is 47.4 Å². The van der Waals surface area contributed by atoms with Crippen molar-refractivity contribution in [2.24, 2.45) is 0 Å². The van der Waals surface area contributed by atoms with E-state index in [9.17, 15) is 18.3 Å². The number of rotatable bonds is 4. The number of carboxylic acid groups (broad SMARTS) is 1. The Bertz CT molecular complexity index is 907. The van der Waals surface area contributed by atoms with E-state index in [4.69, 9.17) is 4.74 Å². The normalized spacial score (nSPS) is 16.8. The predicted molar refractivity (Wildman–Crippen MR) is 89.1 cm³/mol. The van der Waals surface area contributed by atoms with E-state index in [1.165, 1.54) is 23.5 Å². The molecule has 1 atom stereocenters. The molecule has 1 unspecified atom stereocenters. The van der Waals surface area contributed by atoms with E-state index < -0.39 is 21.9 Å². The van der Waals surface area contributed by atoms with Gasteiger partial charge in [0.25, 0.3) is 10.0 Å². The molecular formula is C17H17NO5S. The average Bonchev–Trinajstić information content (AvgIpc) is 2.95. The number of carboxylic acids is 1. The topological polar surface area (TPSA) is 83.9 Å². The van der Waals surface area contributed by atoms with Crippen molar-refractivity contribution in [3.63, 3.8) is 0 Å². The van der Waals surface area contributed by atoms with Crippen LogP contribution in [0.3, 0.4) is 0 Å². The highest BCUT2D eigenvalue weighted by Crippen LogP contribution is 2.39. The van der Waals surface area contributed by atoms with Gasteiger partial charge in [0.2, 0.25) is 0 Å². The van der Waals surface area contributed by atoms with Gasteiger partial charge in [-0.3, -0.25) is 9.10 Å². The number of aryl methyl sites for hydroxylation is 1. The molecule has 0 bridgehead atoms. The molecular weight excluding hydrogens is 330 g/mol. The van der Waals surface area contributed by atoms with Gasteiger partial charge in [-0.2, -0.15) is 0 Å². The van der Waals surface area contributed by atoms with E-state index in [0.717, 1.165) is 0 Å². The Hall–Kier alpha value is -2.54. The first-order chi connectivity index (χ1) is 11.4. The maximum atomic E-state index is 13.0. The van der Waals surface area contributed by atoms with Crippen LogP contribution in [0.2, 0.25) is 0 Å². The molecule has 2 aromatic carbocycles. The lowest BCUT2D eigenvalue weighted by Crippen LogP contribution is -2.31. The van der Waals surface area contributed by atoms with E-state index in [1.54, 1.807) is 37.3 Å². The monoisotopic (exact) mass is 347 g/mol. The minimum atomic E-state index is -3.85. The summed E-state index contributed by atoms with van der Waals surface area (Å²) in [7, 11) is -2.33. The molecule has 0 spiro atoms. The van der Waals surface area contributed by atoms with Crippen LogP contribution in [0, 0.1) is 6.92 Å². The van der Waals surface area contributed by atoms with Gasteiger partial charge in [0, 0.05) is 0 Å². The number of nitrogens with zero attached hydrogens (tertiary/aromatic N) is 1. The number of methoxy groups -OCH3 is 1. The van der Waals surface area contributed by atoms with E-state index in [2.05, 4.69) is 0 Å². The fourth-order valence-electron chi connectivity index (χ4n) is 2.95. The molecule has 0 saturated heterocycles. The van der Waals surface area contributed by atoms with Crippen LogP contribution in [0.5, 0.6) is 5.75 Å². The van der Waals surface area contributed by atoms with Gasteiger partial charge in [-0.05, 0) is 42.3 Å². The summed E-state index contributed by atoms with van der Waals surface area (Å²) in [5.41, 5.74) is 1.62. The number of aliphatic carboxylic acids is 1. The first-order valence-electron chi connectivity index (χ1n) is 7.35. The van der Waals surface area contributed by atoms with Crippen LogP contribution >= 0.6 is 0 Å². The molecule has 6 nitrogen and oxygen atoms in total. The number of fused-ring (bicyclic) bond motifs is 1. The van der Waals surface area contributed by atoms with Crippen molar-refractivity contribution in [2.75, 3.05) is 18.0 Å². The number of ether oxygens (including phenoxy) is 1. The zero-order valence-corrected chi connectivity index (χ0v) is 14.1. The van der Waals surface area contributed by atoms with Crippen LogP contribution in [0.4, 0.5) is 5.69 Å². The molecule has 126 valence electrons. The zero-order valence-electron chi connectivity index (χ0n) is 13.3. The number of para-hydroxylation sites is 1. The molecule has 0 aliphatic carbocycles. The molecule has 7 heteroatoms. The Balaban J connectivity index is 2.08. The Morgan fingerprint density at radius 2 is 1.96 bits per heavy atom. The van der Waals surface area contributed by atoms with Crippen molar-refractivity contribution in [3.8, 4) is 5.75 Å². The van der Waals surface area contributed by atoms with Crippen LogP contribution in [0.1, 0.15) is 17.0 Å². The van der Waals surface area contributed by atoms with Gasteiger partial charge in [-0.1, -0.05) is 18.2 Å². The van der Waals surface area contributed by atoms with E-state index in [1.807, 2.05) is 0 Å². The van der Waals surface area contributed by atoms with Crippen molar-refractivity contribution < 1.29 is 23.1 Å². The summed E-state index contributed by atoms with van der Waals surface area (Å²) >= 11 is 0. The third kappa shape index (κ3) is 2.50. The van der Waals surface area contributed by atoms with Crippen molar-refractivity contribution in [2.45, 2.75) is 17.7 Å². The van der Waals surface area contributed by atoms with Crippen molar-refractivity contribution in [1.82, 2.24) is 0 Å². The summed E-state index contributed by atoms with van der Waals surface area (Å²) in [6.45, 7) is 1.65. The molecule has 3 rings (SSSR count). The largest absolute Gasteiger partial charge is 0.496 e. The summed E-state index contributed by atoms with van der Waals surface area (Å²) in [5.74, 6) is -1.31. The third-order valence-electron chi connectivity index (χ3n) is 4.18.